The second-order valence-corrected chi connectivity index (χ2v) is 15.9. The molecule has 0 amide bonds. The first-order valence-electron chi connectivity index (χ1n) is 16.8. The van der Waals surface area contributed by atoms with E-state index in [0.29, 0.717) is 35.2 Å². The Morgan fingerprint density at radius 3 is 2.34 bits per heavy atom. The average Bonchev–Trinajstić information content (AvgIpc) is 3.40. The molecule has 234 valence electrons. The Hall–Kier alpha value is -0.320. The zero-order chi connectivity index (χ0) is 28.9. The van der Waals surface area contributed by atoms with Crippen molar-refractivity contribution >= 4 is 0 Å². The van der Waals surface area contributed by atoms with E-state index >= 15 is 0 Å². The number of rotatable bonds is 3. The highest BCUT2D eigenvalue weighted by Crippen LogP contribution is 2.71. The smallest absolute Gasteiger partial charge is 0.186 e. The van der Waals surface area contributed by atoms with Gasteiger partial charge >= 0.3 is 0 Å². The van der Waals surface area contributed by atoms with Crippen LogP contribution in [0.5, 0.6) is 0 Å². The highest BCUT2D eigenvalue weighted by atomic mass is 16.7. The molecule has 0 aromatic carbocycles. The fraction of sp³-hybridized carbons (Fsp3) is 1.00. The number of hydrogen-bond donors (Lipinski definition) is 4. The Kier molecular flexibility index (Phi) is 7.43. The van der Waals surface area contributed by atoms with E-state index in [0.717, 1.165) is 50.0 Å². The lowest BCUT2D eigenvalue weighted by atomic mass is 9.44. The van der Waals surface area contributed by atoms with Crippen LogP contribution in [0.15, 0.2) is 0 Å². The molecule has 4 N–H and O–H groups in total. The van der Waals surface area contributed by atoms with E-state index in [1.54, 1.807) is 0 Å². The SMILES string of the molecule is CC1C2[C@H](C[C@H]3C4CC[C@@H]5C[C@@H](O[C@@H]6OC(CO)[C@H](O)[C@H](O)C6O)CC[C@]5(C)C4CC[C@]23C)O[C@]12CC[C@H](C)CO2. The zero-order valence-corrected chi connectivity index (χ0v) is 25.5. The Morgan fingerprint density at radius 2 is 1.61 bits per heavy atom. The van der Waals surface area contributed by atoms with Crippen molar-refractivity contribution in [2.24, 2.45) is 52.3 Å². The molecule has 17 atom stereocenters. The molecule has 0 bridgehead atoms. The monoisotopic (exact) mass is 578 g/mol. The molecule has 7 rings (SSSR count). The molecular weight excluding hydrogens is 524 g/mol. The number of aliphatic hydroxyl groups is 4. The van der Waals surface area contributed by atoms with E-state index in [1.165, 1.54) is 38.5 Å². The first kappa shape index (κ1) is 29.4. The minimum absolute atomic E-state index is 0.0607. The van der Waals surface area contributed by atoms with Gasteiger partial charge in [-0.1, -0.05) is 27.7 Å². The first-order chi connectivity index (χ1) is 19.5. The quantitative estimate of drug-likeness (QED) is 0.375. The average molecular weight is 579 g/mol. The first-order valence-corrected chi connectivity index (χ1v) is 16.8. The fourth-order valence-electron chi connectivity index (χ4n) is 11.7. The molecule has 0 radical (unpaired) electrons. The van der Waals surface area contributed by atoms with Crippen LogP contribution in [0.1, 0.15) is 91.9 Å². The summed E-state index contributed by atoms with van der Waals surface area (Å²) in [4.78, 5) is 0. The van der Waals surface area contributed by atoms with Gasteiger partial charge in [-0.15, -0.1) is 0 Å². The van der Waals surface area contributed by atoms with Gasteiger partial charge in [-0.05, 0) is 104 Å². The molecule has 8 nitrogen and oxygen atoms in total. The lowest BCUT2D eigenvalue weighted by Gasteiger charge is -2.61. The van der Waals surface area contributed by atoms with Crippen molar-refractivity contribution in [1.82, 2.24) is 0 Å². The lowest BCUT2D eigenvalue weighted by Crippen LogP contribution is -2.60. The van der Waals surface area contributed by atoms with Crippen LogP contribution in [0.4, 0.5) is 0 Å². The predicted octanol–water partition coefficient (Wildman–Crippen LogP) is 3.62. The van der Waals surface area contributed by atoms with E-state index in [-0.39, 0.29) is 17.3 Å². The second-order valence-electron chi connectivity index (χ2n) is 15.9. The van der Waals surface area contributed by atoms with Gasteiger partial charge in [0.15, 0.2) is 12.1 Å². The van der Waals surface area contributed by atoms with Gasteiger partial charge in [-0.25, -0.2) is 0 Å². The Bertz CT molecular complexity index is 967. The van der Waals surface area contributed by atoms with Crippen molar-refractivity contribution in [2.75, 3.05) is 13.2 Å². The van der Waals surface area contributed by atoms with Crippen molar-refractivity contribution in [3.8, 4) is 0 Å². The molecule has 7 aliphatic rings. The maximum atomic E-state index is 10.5. The van der Waals surface area contributed by atoms with Crippen molar-refractivity contribution < 1.29 is 39.4 Å². The van der Waals surface area contributed by atoms with Gasteiger partial charge in [-0.3, -0.25) is 0 Å². The molecule has 7 fully saturated rings. The molecule has 4 aliphatic carbocycles. The van der Waals surface area contributed by atoms with E-state index < -0.39 is 37.3 Å². The van der Waals surface area contributed by atoms with Crippen LogP contribution >= 0.6 is 0 Å². The molecule has 41 heavy (non-hydrogen) atoms. The normalized spacial score (nSPS) is 60.3. The van der Waals surface area contributed by atoms with Crippen molar-refractivity contribution in [1.29, 1.82) is 0 Å². The van der Waals surface area contributed by atoms with Gasteiger partial charge in [0.2, 0.25) is 0 Å². The van der Waals surface area contributed by atoms with Crippen LogP contribution in [0.25, 0.3) is 0 Å². The van der Waals surface area contributed by atoms with Crippen LogP contribution < -0.4 is 0 Å². The second kappa shape index (κ2) is 10.4. The van der Waals surface area contributed by atoms with Gasteiger partial charge in [-0.2, -0.15) is 0 Å². The topological polar surface area (TPSA) is 118 Å². The summed E-state index contributed by atoms with van der Waals surface area (Å²) in [5.41, 5.74) is 0.612. The summed E-state index contributed by atoms with van der Waals surface area (Å²) in [5.74, 6) is 4.08. The molecular formula is C33H54O8. The maximum Gasteiger partial charge on any atom is 0.186 e. The largest absolute Gasteiger partial charge is 0.394 e. The predicted molar refractivity (Wildman–Crippen MR) is 150 cm³/mol. The number of fused-ring (bicyclic) bond motifs is 7. The van der Waals surface area contributed by atoms with Gasteiger partial charge < -0.3 is 39.4 Å². The Labute approximate surface area is 245 Å². The third kappa shape index (κ3) is 4.36. The Balaban J connectivity index is 1.03. The van der Waals surface area contributed by atoms with Crippen LogP contribution in [-0.2, 0) is 18.9 Å². The van der Waals surface area contributed by atoms with Crippen molar-refractivity contribution in [2.45, 2.75) is 141 Å². The molecule has 1 spiro atoms. The van der Waals surface area contributed by atoms with E-state index in [2.05, 4.69) is 27.7 Å². The summed E-state index contributed by atoms with van der Waals surface area (Å²) in [6.45, 7) is 10.3. The fourth-order valence-corrected chi connectivity index (χ4v) is 11.7. The third-order valence-electron chi connectivity index (χ3n) is 14.1. The summed E-state index contributed by atoms with van der Waals surface area (Å²) in [5, 5.41) is 40.4. The molecule has 6 unspecified atom stereocenters. The third-order valence-corrected chi connectivity index (χ3v) is 14.1. The molecule has 3 aliphatic heterocycles. The van der Waals surface area contributed by atoms with Crippen LogP contribution in [0, 0.1) is 52.3 Å². The highest BCUT2D eigenvalue weighted by Gasteiger charge is 2.69. The van der Waals surface area contributed by atoms with Crippen molar-refractivity contribution in [3.05, 3.63) is 0 Å². The minimum Gasteiger partial charge on any atom is -0.394 e. The van der Waals surface area contributed by atoms with Crippen LogP contribution in [0.3, 0.4) is 0 Å². The number of aliphatic hydroxyl groups excluding tert-OH is 4. The minimum atomic E-state index is -1.40. The molecule has 3 heterocycles. The van der Waals surface area contributed by atoms with E-state index in [9.17, 15) is 20.4 Å². The zero-order valence-electron chi connectivity index (χ0n) is 25.5. The van der Waals surface area contributed by atoms with E-state index in [4.69, 9.17) is 18.9 Å². The molecule has 4 saturated carbocycles. The highest BCUT2D eigenvalue weighted by molar-refractivity contribution is 5.15. The molecule has 0 aromatic heterocycles. The summed E-state index contributed by atoms with van der Waals surface area (Å²) in [6.07, 6.45) is 5.64. The maximum absolute atomic E-state index is 10.5. The van der Waals surface area contributed by atoms with Crippen molar-refractivity contribution in [3.63, 3.8) is 0 Å². The standard InChI is InChI=1S/C33H54O8/c1-17-7-12-33(38-16-17)18(2)26-24(41-33)14-23-21-6-5-19-13-20(8-10-31(19,3)22(21)9-11-32(23,26)4)39-30-29(37)28(36)27(35)25(15-34)40-30/h17-30,34-37H,5-16H2,1-4H3/t17-,18?,19+,20-,21?,22?,23-,24-,25?,26?,27-,28-,29?,30+,31-,32-,33+/m0/s1. The van der Waals surface area contributed by atoms with E-state index in [1.807, 2.05) is 0 Å². The Morgan fingerprint density at radius 1 is 0.829 bits per heavy atom. The van der Waals surface area contributed by atoms with Gasteiger partial charge in [0.1, 0.15) is 24.4 Å². The lowest BCUT2D eigenvalue weighted by molar-refractivity contribution is -0.316. The molecule has 3 saturated heterocycles. The number of hydrogen-bond acceptors (Lipinski definition) is 8. The summed E-state index contributed by atoms with van der Waals surface area (Å²) in [7, 11) is 0. The van der Waals surface area contributed by atoms with Crippen LogP contribution in [-0.4, -0.2) is 82.3 Å². The summed E-state index contributed by atoms with van der Waals surface area (Å²) < 4.78 is 25.4. The summed E-state index contributed by atoms with van der Waals surface area (Å²) in [6, 6.07) is 0. The van der Waals surface area contributed by atoms with Gasteiger partial charge in [0, 0.05) is 12.3 Å². The van der Waals surface area contributed by atoms with Gasteiger partial charge in [0.25, 0.3) is 0 Å². The molecule has 0 aromatic rings. The van der Waals surface area contributed by atoms with Gasteiger partial charge in [0.05, 0.1) is 25.4 Å². The summed E-state index contributed by atoms with van der Waals surface area (Å²) >= 11 is 0. The van der Waals surface area contributed by atoms with Crippen LogP contribution in [0.2, 0.25) is 0 Å². The number of ether oxygens (including phenoxy) is 4. The molecule has 8 heteroatoms.